The van der Waals surface area contributed by atoms with Crippen LogP contribution in [-0.2, 0) is 28.5 Å². The average molecular weight is 223 g/mol. The van der Waals surface area contributed by atoms with Gasteiger partial charge in [-0.15, -0.1) is 0 Å². The molecule has 0 saturated heterocycles. The van der Waals surface area contributed by atoms with Gasteiger partial charge in [-0.25, -0.2) is 4.18 Å². The summed E-state index contributed by atoms with van der Waals surface area (Å²) in [6.07, 6.45) is -0.764. The fraction of sp³-hybridized carbons (Fsp3) is 1.00. The largest absolute Gasteiger partial charge is 1.00 e. The molecule has 0 aromatic carbocycles. The van der Waals surface area contributed by atoms with Crippen LogP contribution in [0.2, 0.25) is 0 Å². The predicted molar refractivity (Wildman–Crippen MR) is 39.2 cm³/mol. The molecule has 8 heteroatoms. The van der Waals surface area contributed by atoms with Crippen molar-refractivity contribution in [2.24, 2.45) is 0 Å². The number of ether oxygens (including phenoxy) is 1. The second-order valence-electron chi connectivity index (χ2n) is 1.78. The first-order valence-corrected chi connectivity index (χ1v) is 4.62. The Kier molecular flexibility index (Phi) is 10.1. The van der Waals surface area contributed by atoms with E-state index in [0.29, 0.717) is 0 Å². The van der Waals surface area contributed by atoms with Crippen molar-refractivity contribution in [3.05, 3.63) is 0 Å². The summed E-state index contributed by atoms with van der Waals surface area (Å²) in [4.78, 5) is 4.27. The first kappa shape index (κ1) is 16.2. The molecule has 0 amide bonds. The zero-order valence-corrected chi connectivity index (χ0v) is 11.0. The first-order chi connectivity index (χ1) is 5.52. The molecule has 6 nitrogen and oxygen atoms in total. The molecule has 0 radical (unpaired) electrons. The SMILES string of the molecule is CCOS(=O)(=O)OOC(C)OC.[Na+]. The van der Waals surface area contributed by atoms with E-state index < -0.39 is 16.7 Å². The molecule has 0 aromatic rings. The van der Waals surface area contributed by atoms with E-state index in [2.05, 4.69) is 18.1 Å². The smallest absolute Gasteiger partial charge is 0.353 e. The second kappa shape index (κ2) is 8.13. The molecule has 0 bridgehead atoms. The molecule has 0 spiro atoms. The zero-order valence-electron chi connectivity index (χ0n) is 8.14. The van der Waals surface area contributed by atoms with Gasteiger partial charge in [0.25, 0.3) is 0 Å². The second-order valence-corrected chi connectivity index (χ2v) is 2.97. The van der Waals surface area contributed by atoms with Crippen LogP contribution in [0, 0.1) is 0 Å². The van der Waals surface area contributed by atoms with Crippen LogP contribution in [0.15, 0.2) is 0 Å². The Labute approximate surface area is 100 Å². The Bertz CT molecular complexity index is 203. The molecule has 0 fully saturated rings. The summed E-state index contributed by atoms with van der Waals surface area (Å²) in [5.74, 6) is 0. The van der Waals surface area contributed by atoms with E-state index in [0.717, 1.165) is 0 Å². The minimum absolute atomic E-state index is 0. The third-order valence-electron chi connectivity index (χ3n) is 0.852. The van der Waals surface area contributed by atoms with Gasteiger partial charge in [0.15, 0.2) is 6.29 Å². The molecule has 0 saturated carbocycles. The maximum absolute atomic E-state index is 10.6. The Morgan fingerprint density at radius 1 is 1.38 bits per heavy atom. The van der Waals surface area contributed by atoms with Crippen LogP contribution in [0.5, 0.6) is 0 Å². The Morgan fingerprint density at radius 2 is 1.92 bits per heavy atom. The van der Waals surface area contributed by atoms with Gasteiger partial charge in [0.05, 0.1) is 6.61 Å². The molecule has 13 heavy (non-hydrogen) atoms. The Hall–Kier alpha value is 0.790. The van der Waals surface area contributed by atoms with Crippen LogP contribution in [0.1, 0.15) is 13.8 Å². The Morgan fingerprint density at radius 3 is 2.31 bits per heavy atom. The summed E-state index contributed by atoms with van der Waals surface area (Å²) >= 11 is 0. The van der Waals surface area contributed by atoms with E-state index in [1.807, 2.05) is 0 Å². The molecule has 74 valence electrons. The van der Waals surface area contributed by atoms with Crippen LogP contribution in [0.3, 0.4) is 0 Å². The van der Waals surface area contributed by atoms with Crippen molar-refractivity contribution < 1.29 is 56.1 Å². The summed E-state index contributed by atoms with van der Waals surface area (Å²) in [5.41, 5.74) is 0. The molecular formula is C5H12NaO6S+. The molecule has 0 aromatic heterocycles. The summed E-state index contributed by atoms with van der Waals surface area (Å²) in [5, 5.41) is 0. The number of methoxy groups -OCH3 is 1. The Balaban J connectivity index is 0. The topological polar surface area (TPSA) is 71.1 Å². The van der Waals surface area contributed by atoms with Gasteiger partial charge in [-0.3, -0.25) is 0 Å². The van der Waals surface area contributed by atoms with E-state index in [1.54, 1.807) is 0 Å². The van der Waals surface area contributed by atoms with E-state index >= 15 is 0 Å². The van der Waals surface area contributed by atoms with Crippen molar-refractivity contribution >= 4 is 10.4 Å². The zero-order chi connectivity index (χ0) is 9.61. The van der Waals surface area contributed by atoms with Gasteiger partial charge in [-0.1, -0.05) is 4.33 Å². The van der Waals surface area contributed by atoms with Crippen molar-refractivity contribution in [3.8, 4) is 0 Å². The van der Waals surface area contributed by atoms with Crippen LogP contribution in [0.25, 0.3) is 0 Å². The predicted octanol–water partition coefficient (Wildman–Crippen LogP) is -2.79. The molecule has 1 atom stereocenters. The number of hydrogen-bond acceptors (Lipinski definition) is 6. The van der Waals surface area contributed by atoms with Crippen molar-refractivity contribution in [2.45, 2.75) is 20.1 Å². The van der Waals surface area contributed by atoms with E-state index in [9.17, 15) is 8.42 Å². The van der Waals surface area contributed by atoms with Crippen LogP contribution in [0.4, 0.5) is 0 Å². The van der Waals surface area contributed by atoms with Crippen molar-refractivity contribution in [2.75, 3.05) is 13.7 Å². The molecule has 0 N–H and O–H groups in total. The summed E-state index contributed by atoms with van der Waals surface area (Å²) < 4.78 is 33.9. The van der Waals surface area contributed by atoms with Crippen molar-refractivity contribution in [1.82, 2.24) is 0 Å². The minimum atomic E-state index is -4.04. The maximum atomic E-state index is 10.6. The van der Waals surface area contributed by atoms with Crippen molar-refractivity contribution in [1.29, 1.82) is 0 Å². The number of rotatable bonds is 6. The summed E-state index contributed by atoms with van der Waals surface area (Å²) in [7, 11) is -2.69. The monoisotopic (exact) mass is 223 g/mol. The summed E-state index contributed by atoms with van der Waals surface area (Å²) in [6.45, 7) is 2.98. The minimum Gasteiger partial charge on any atom is -0.353 e. The van der Waals surface area contributed by atoms with Crippen LogP contribution >= 0.6 is 0 Å². The van der Waals surface area contributed by atoms with Crippen molar-refractivity contribution in [3.63, 3.8) is 0 Å². The van der Waals surface area contributed by atoms with Gasteiger partial charge >= 0.3 is 40.0 Å². The normalized spacial score (nSPS) is 13.5. The molecule has 0 aliphatic carbocycles. The van der Waals surface area contributed by atoms with E-state index in [4.69, 9.17) is 0 Å². The fourth-order valence-electron chi connectivity index (χ4n) is 0.307. The molecule has 0 aliphatic heterocycles. The van der Waals surface area contributed by atoms with Gasteiger partial charge < -0.3 is 4.74 Å². The first-order valence-electron chi connectivity index (χ1n) is 3.29. The molecule has 0 rings (SSSR count). The maximum Gasteiger partial charge on any atom is 1.00 e. The van der Waals surface area contributed by atoms with E-state index in [-0.39, 0.29) is 36.2 Å². The van der Waals surface area contributed by atoms with Crippen LogP contribution < -0.4 is 29.6 Å². The number of hydrogen-bond donors (Lipinski definition) is 0. The van der Waals surface area contributed by atoms with Gasteiger partial charge in [0, 0.05) is 7.11 Å². The molecule has 0 aliphatic rings. The molecular weight excluding hydrogens is 211 g/mol. The fourth-order valence-corrected chi connectivity index (χ4v) is 0.842. The van der Waals surface area contributed by atoms with Gasteiger partial charge in [0.1, 0.15) is 0 Å². The average Bonchev–Trinajstić information content (AvgIpc) is 2.00. The third-order valence-corrected chi connectivity index (χ3v) is 1.62. The standard InChI is InChI=1S/C5H12O6S.Na/c1-4-9-12(6,7)11-10-5(2)8-3;/h5H,4H2,1-3H3;/q;+1. The van der Waals surface area contributed by atoms with Gasteiger partial charge in [-0.2, -0.15) is 13.3 Å². The quantitative estimate of drug-likeness (QED) is 0.210. The van der Waals surface area contributed by atoms with E-state index in [1.165, 1.54) is 21.0 Å². The molecule has 0 heterocycles. The van der Waals surface area contributed by atoms with Gasteiger partial charge in [0.2, 0.25) is 0 Å². The third kappa shape index (κ3) is 9.10. The molecule has 1 unspecified atom stereocenters. The summed E-state index contributed by atoms with van der Waals surface area (Å²) in [6, 6.07) is 0. The van der Waals surface area contributed by atoms with Crippen LogP contribution in [-0.4, -0.2) is 28.4 Å². The van der Waals surface area contributed by atoms with Gasteiger partial charge in [-0.05, 0) is 13.8 Å².